The van der Waals surface area contributed by atoms with Crippen molar-refractivity contribution in [3.63, 3.8) is 0 Å². The van der Waals surface area contributed by atoms with Crippen molar-refractivity contribution in [1.29, 1.82) is 0 Å². The summed E-state index contributed by atoms with van der Waals surface area (Å²) in [5.41, 5.74) is 0. The van der Waals surface area contributed by atoms with Gasteiger partial charge in [0.25, 0.3) is 6.43 Å². The minimum Gasteiger partial charge on any atom is -0.225 e. The number of benzene rings is 1. The van der Waals surface area contributed by atoms with E-state index < -0.39 is 48.6 Å². The first kappa shape index (κ1) is 16.9. The Kier molecular flexibility index (Phi) is 4.79. The second kappa shape index (κ2) is 5.68. The monoisotopic (exact) mass is 332 g/mol. The predicted octanol–water partition coefficient (Wildman–Crippen LogP) is 0.359. The second-order valence-corrected chi connectivity index (χ2v) is 7.39. The molecule has 0 fully saturated rings. The van der Waals surface area contributed by atoms with Gasteiger partial charge in [-0.3, -0.25) is 0 Å². The summed E-state index contributed by atoms with van der Waals surface area (Å²) in [5, 5.41) is 4.76. The number of hydrogen-bond acceptors (Lipinski definition) is 4. The molecule has 0 aliphatic rings. The topological polar surface area (TPSA) is 97.5 Å². The van der Waals surface area contributed by atoms with Crippen LogP contribution in [0.1, 0.15) is 0 Å². The summed E-state index contributed by atoms with van der Waals surface area (Å²) in [6, 6.07) is 1.85. The van der Waals surface area contributed by atoms with Crippen molar-refractivity contribution in [2.75, 3.05) is 13.6 Å². The summed E-state index contributed by atoms with van der Waals surface area (Å²) in [6.07, 6.45) is -2.93. The maximum atomic E-state index is 13.7. The van der Waals surface area contributed by atoms with Crippen molar-refractivity contribution in [1.82, 2.24) is 4.31 Å². The highest BCUT2D eigenvalue weighted by atomic mass is 32.2. The molecule has 1 rings (SSSR count). The van der Waals surface area contributed by atoms with Gasteiger partial charge in [0.15, 0.2) is 0 Å². The van der Waals surface area contributed by atoms with Gasteiger partial charge in [0.05, 0.1) is 11.4 Å². The number of alkyl halides is 2. The zero-order valence-corrected chi connectivity index (χ0v) is 11.8. The van der Waals surface area contributed by atoms with E-state index in [0.29, 0.717) is 12.1 Å². The number of halogens is 3. The fourth-order valence-electron chi connectivity index (χ4n) is 1.33. The minimum atomic E-state index is -4.48. The van der Waals surface area contributed by atoms with Crippen LogP contribution in [0.3, 0.4) is 0 Å². The molecule has 0 saturated carbocycles. The van der Waals surface area contributed by atoms with Gasteiger partial charge in [-0.1, -0.05) is 0 Å². The van der Waals surface area contributed by atoms with E-state index in [1.54, 1.807) is 0 Å². The molecule has 0 saturated heterocycles. The van der Waals surface area contributed by atoms with Crippen LogP contribution in [0.2, 0.25) is 0 Å². The van der Waals surface area contributed by atoms with Gasteiger partial charge < -0.3 is 0 Å². The summed E-state index contributed by atoms with van der Waals surface area (Å²) in [7, 11) is -7.82. The van der Waals surface area contributed by atoms with Gasteiger partial charge in [-0.25, -0.2) is 35.1 Å². The van der Waals surface area contributed by atoms with Crippen LogP contribution < -0.4 is 5.14 Å². The van der Waals surface area contributed by atoms with E-state index in [0.717, 1.165) is 13.1 Å². The Labute approximate surface area is 114 Å². The molecule has 20 heavy (non-hydrogen) atoms. The van der Waals surface area contributed by atoms with Crippen LogP contribution >= 0.6 is 0 Å². The van der Waals surface area contributed by atoms with Crippen molar-refractivity contribution >= 4 is 20.0 Å². The molecular formula is C9H11F3N2O4S2. The Morgan fingerprint density at radius 2 is 1.80 bits per heavy atom. The van der Waals surface area contributed by atoms with Crippen molar-refractivity contribution in [2.24, 2.45) is 5.14 Å². The number of primary sulfonamides is 1. The fourth-order valence-corrected chi connectivity index (χ4v) is 3.04. The lowest BCUT2D eigenvalue weighted by atomic mass is 10.3. The first-order valence-electron chi connectivity index (χ1n) is 5.03. The molecule has 114 valence electrons. The summed E-state index contributed by atoms with van der Waals surface area (Å²) < 4.78 is 83.8. The van der Waals surface area contributed by atoms with Crippen LogP contribution in [-0.2, 0) is 20.0 Å². The van der Waals surface area contributed by atoms with Gasteiger partial charge >= 0.3 is 0 Å². The van der Waals surface area contributed by atoms with Gasteiger partial charge in [-0.2, -0.15) is 4.31 Å². The summed E-state index contributed by atoms with van der Waals surface area (Å²) >= 11 is 0. The first-order chi connectivity index (χ1) is 8.96. The third-order valence-corrected chi connectivity index (χ3v) is 5.08. The van der Waals surface area contributed by atoms with Crippen molar-refractivity contribution in [3.05, 3.63) is 24.0 Å². The minimum absolute atomic E-state index is 0.271. The fraction of sp³-hybridized carbons (Fsp3) is 0.333. The van der Waals surface area contributed by atoms with E-state index in [9.17, 15) is 30.0 Å². The molecule has 0 heterocycles. The summed E-state index contributed by atoms with van der Waals surface area (Å²) in [4.78, 5) is -1.53. The highest BCUT2D eigenvalue weighted by Crippen LogP contribution is 2.21. The van der Waals surface area contributed by atoms with Crippen LogP contribution in [0.15, 0.2) is 28.0 Å². The smallest absolute Gasteiger partial charge is 0.225 e. The number of nitrogens with two attached hydrogens (primary N) is 1. The highest BCUT2D eigenvalue weighted by Gasteiger charge is 2.27. The molecule has 6 nitrogen and oxygen atoms in total. The molecule has 1 aromatic rings. The molecule has 0 atom stereocenters. The number of nitrogens with zero attached hydrogens (tertiary/aromatic N) is 1. The van der Waals surface area contributed by atoms with Gasteiger partial charge in [-0.15, -0.1) is 0 Å². The van der Waals surface area contributed by atoms with E-state index in [1.165, 1.54) is 0 Å². The van der Waals surface area contributed by atoms with Gasteiger partial charge in [0, 0.05) is 7.05 Å². The molecule has 1 aromatic carbocycles. The lowest BCUT2D eigenvalue weighted by Gasteiger charge is -2.17. The van der Waals surface area contributed by atoms with E-state index in [4.69, 9.17) is 5.14 Å². The molecule has 2 N–H and O–H groups in total. The van der Waals surface area contributed by atoms with Crippen LogP contribution in [0.5, 0.6) is 0 Å². The first-order valence-corrected chi connectivity index (χ1v) is 8.01. The number of hydrogen-bond donors (Lipinski definition) is 1. The Hall–Kier alpha value is -1.17. The molecule has 0 aromatic heterocycles. The zero-order valence-electron chi connectivity index (χ0n) is 10.1. The van der Waals surface area contributed by atoms with Gasteiger partial charge in [0.2, 0.25) is 20.0 Å². The summed E-state index contributed by atoms with van der Waals surface area (Å²) in [6.45, 7) is -1.11. The Morgan fingerprint density at radius 1 is 1.25 bits per heavy atom. The standard InChI is InChI=1S/C9H11F3N2O4S2/c1-14(5-9(11)12)20(17,18)8-3-2-6(4-7(8)10)19(13,15)16/h2-4,9H,5H2,1H3,(H2,13,15,16). The molecule has 0 radical (unpaired) electrons. The maximum absolute atomic E-state index is 13.7. The van der Waals surface area contributed by atoms with E-state index in [1.807, 2.05) is 0 Å². The maximum Gasteiger partial charge on any atom is 0.252 e. The van der Waals surface area contributed by atoms with Crippen LogP contribution in [-0.4, -0.2) is 41.2 Å². The molecule has 0 aliphatic carbocycles. The van der Waals surface area contributed by atoms with Crippen LogP contribution in [0, 0.1) is 5.82 Å². The van der Waals surface area contributed by atoms with Crippen molar-refractivity contribution < 1.29 is 30.0 Å². The Balaban J connectivity index is 3.28. The molecule has 0 amide bonds. The molecule has 11 heteroatoms. The molecule has 0 aliphatic heterocycles. The lowest BCUT2D eigenvalue weighted by molar-refractivity contribution is 0.126. The van der Waals surface area contributed by atoms with E-state index in [-0.39, 0.29) is 4.31 Å². The molecule has 0 unspecified atom stereocenters. The van der Waals surface area contributed by atoms with Crippen molar-refractivity contribution in [2.45, 2.75) is 16.2 Å². The highest BCUT2D eigenvalue weighted by molar-refractivity contribution is 7.89. The summed E-state index contributed by atoms with van der Waals surface area (Å²) in [5.74, 6) is -1.39. The third kappa shape index (κ3) is 3.69. The molecule has 0 spiro atoms. The average Bonchev–Trinajstić information content (AvgIpc) is 2.26. The zero-order chi connectivity index (χ0) is 15.7. The quantitative estimate of drug-likeness (QED) is 0.842. The second-order valence-electron chi connectivity index (χ2n) is 3.81. The third-order valence-electron chi connectivity index (χ3n) is 2.32. The predicted molar refractivity (Wildman–Crippen MR) is 63.6 cm³/mol. The van der Waals surface area contributed by atoms with Crippen molar-refractivity contribution in [3.8, 4) is 0 Å². The normalized spacial score (nSPS) is 13.2. The van der Waals surface area contributed by atoms with Gasteiger partial charge in [0.1, 0.15) is 10.7 Å². The average molecular weight is 332 g/mol. The van der Waals surface area contributed by atoms with Crippen LogP contribution in [0.4, 0.5) is 13.2 Å². The molecule has 0 bridgehead atoms. The van der Waals surface area contributed by atoms with E-state index in [2.05, 4.69) is 0 Å². The largest absolute Gasteiger partial charge is 0.252 e. The van der Waals surface area contributed by atoms with Gasteiger partial charge in [-0.05, 0) is 18.2 Å². The Bertz CT molecular complexity index is 704. The lowest BCUT2D eigenvalue weighted by Crippen LogP contribution is -2.32. The number of rotatable bonds is 5. The SMILES string of the molecule is CN(CC(F)F)S(=O)(=O)c1ccc(S(N)(=O)=O)cc1F. The van der Waals surface area contributed by atoms with Crippen LogP contribution in [0.25, 0.3) is 0 Å². The van der Waals surface area contributed by atoms with E-state index >= 15 is 0 Å². The molecular weight excluding hydrogens is 321 g/mol. The number of sulfonamides is 2. The Morgan fingerprint density at radius 3 is 2.20 bits per heavy atom.